The molecule has 0 unspecified atom stereocenters. The Morgan fingerprint density at radius 2 is 1.75 bits per heavy atom. The molecule has 2 N–H and O–H groups in total. The second-order valence-corrected chi connectivity index (χ2v) is 7.71. The van der Waals surface area contributed by atoms with Crippen LogP contribution in [0.3, 0.4) is 0 Å². The van der Waals surface area contributed by atoms with Crippen molar-refractivity contribution in [2.24, 2.45) is 0 Å². The lowest BCUT2D eigenvalue weighted by molar-refractivity contribution is 0.580. The lowest BCUT2D eigenvalue weighted by Crippen LogP contribution is -2.27. The first-order chi connectivity index (χ1) is 11.4. The Morgan fingerprint density at radius 1 is 1.04 bits per heavy atom. The van der Waals surface area contributed by atoms with E-state index in [4.69, 9.17) is 0 Å². The van der Waals surface area contributed by atoms with Gasteiger partial charge in [-0.3, -0.25) is 0 Å². The molecule has 3 rings (SSSR count). The van der Waals surface area contributed by atoms with Crippen LogP contribution in [0.5, 0.6) is 0 Å². The highest BCUT2D eigenvalue weighted by atomic mass is 32.2. The molecular weight excluding hydrogens is 327 g/mol. The Labute approximate surface area is 140 Å². The predicted molar refractivity (Wildman–Crippen MR) is 93.8 cm³/mol. The van der Waals surface area contributed by atoms with Crippen molar-refractivity contribution >= 4 is 20.9 Å². The van der Waals surface area contributed by atoms with Crippen LogP contribution in [0.1, 0.15) is 16.8 Å². The van der Waals surface area contributed by atoms with Gasteiger partial charge in [0, 0.05) is 17.8 Å². The number of nitrogens with one attached hydrogen (secondary N) is 2. The van der Waals surface area contributed by atoms with Crippen LogP contribution in [-0.2, 0) is 22.2 Å². The number of H-pyrrole nitrogens is 1. The smallest absolute Gasteiger partial charge is 0.215 e. The van der Waals surface area contributed by atoms with Crippen LogP contribution in [-0.4, -0.2) is 19.9 Å². The average molecular weight is 346 g/mol. The number of hydrogen-bond acceptors (Lipinski definition) is 2. The van der Waals surface area contributed by atoms with Crippen LogP contribution >= 0.6 is 0 Å². The van der Waals surface area contributed by atoms with Gasteiger partial charge in [0.15, 0.2) is 0 Å². The molecule has 1 heterocycles. The molecule has 0 radical (unpaired) electrons. The highest BCUT2D eigenvalue weighted by molar-refractivity contribution is 7.88. The minimum atomic E-state index is -3.43. The topological polar surface area (TPSA) is 62.0 Å². The Morgan fingerprint density at radius 3 is 2.50 bits per heavy atom. The van der Waals surface area contributed by atoms with Crippen molar-refractivity contribution in [2.75, 3.05) is 6.54 Å². The third-order valence-electron chi connectivity index (χ3n) is 3.83. The summed E-state index contributed by atoms with van der Waals surface area (Å²) >= 11 is 0. The molecule has 24 heavy (non-hydrogen) atoms. The summed E-state index contributed by atoms with van der Waals surface area (Å²) in [4.78, 5) is 3.26. The summed E-state index contributed by atoms with van der Waals surface area (Å²) < 4.78 is 39.6. The van der Waals surface area contributed by atoms with Gasteiger partial charge in [0.05, 0.1) is 5.75 Å². The van der Waals surface area contributed by atoms with Crippen LogP contribution in [0.15, 0.2) is 48.5 Å². The molecule has 1 aromatic heterocycles. The summed E-state index contributed by atoms with van der Waals surface area (Å²) in [6.45, 7) is 2.34. The van der Waals surface area contributed by atoms with E-state index in [-0.39, 0.29) is 11.6 Å². The third kappa shape index (κ3) is 4.21. The van der Waals surface area contributed by atoms with Crippen molar-refractivity contribution in [1.82, 2.24) is 9.71 Å². The molecule has 0 bridgehead atoms. The Kier molecular flexibility index (Phi) is 4.69. The van der Waals surface area contributed by atoms with E-state index in [1.165, 1.54) is 24.3 Å². The van der Waals surface area contributed by atoms with Gasteiger partial charge in [-0.15, -0.1) is 0 Å². The average Bonchev–Trinajstić information content (AvgIpc) is 2.88. The quantitative estimate of drug-likeness (QED) is 0.719. The van der Waals surface area contributed by atoms with Gasteiger partial charge < -0.3 is 4.98 Å². The molecule has 4 nitrogen and oxygen atoms in total. The first-order valence-electron chi connectivity index (χ1n) is 7.71. The SMILES string of the molecule is Cc1cc2cc(CCNS(=O)(=O)Cc3ccc(F)cc3)ccc2[nH]1. The molecule has 3 aromatic rings. The molecule has 0 saturated heterocycles. The van der Waals surface area contributed by atoms with Crippen molar-refractivity contribution < 1.29 is 12.8 Å². The first kappa shape index (κ1) is 16.7. The van der Waals surface area contributed by atoms with Crippen LogP contribution < -0.4 is 4.72 Å². The van der Waals surface area contributed by atoms with Crippen LogP contribution in [0.2, 0.25) is 0 Å². The molecule has 126 valence electrons. The van der Waals surface area contributed by atoms with E-state index in [9.17, 15) is 12.8 Å². The highest BCUT2D eigenvalue weighted by Gasteiger charge is 2.11. The van der Waals surface area contributed by atoms with Gasteiger partial charge in [-0.1, -0.05) is 18.2 Å². The van der Waals surface area contributed by atoms with Crippen molar-refractivity contribution in [3.8, 4) is 0 Å². The number of aryl methyl sites for hydroxylation is 1. The molecule has 0 spiro atoms. The maximum absolute atomic E-state index is 12.9. The molecule has 0 saturated carbocycles. The largest absolute Gasteiger partial charge is 0.359 e. The van der Waals surface area contributed by atoms with Crippen LogP contribution in [0, 0.1) is 12.7 Å². The molecule has 0 amide bonds. The second-order valence-electron chi connectivity index (χ2n) is 5.90. The Balaban J connectivity index is 1.58. The second kappa shape index (κ2) is 6.75. The zero-order chi connectivity index (χ0) is 17.2. The number of aromatic amines is 1. The van der Waals surface area contributed by atoms with E-state index >= 15 is 0 Å². The molecule has 0 aliphatic heterocycles. The van der Waals surface area contributed by atoms with Crippen molar-refractivity contribution in [3.05, 3.63) is 71.2 Å². The fourth-order valence-electron chi connectivity index (χ4n) is 2.68. The number of rotatable bonds is 6. The van der Waals surface area contributed by atoms with Gasteiger partial charge in [-0.2, -0.15) is 0 Å². The molecule has 0 aliphatic rings. The van der Waals surface area contributed by atoms with E-state index in [0.717, 1.165) is 22.2 Å². The van der Waals surface area contributed by atoms with Crippen molar-refractivity contribution in [1.29, 1.82) is 0 Å². The third-order valence-corrected chi connectivity index (χ3v) is 5.18. The molecule has 0 aliphatic carbocycles. The molecule has 0 fully saturated rings. The maximum atomic E-state index is 12.9. The predicted octanol–water partition coefficient (Wildman–Crippen LogP) is 3.28. The zero-order valence-corrected chi connectivity index (χ0v) is 14.2. The van der Waals surface area contributed by atoms with Gasteiger partial charge in [-0.05, 0) is 60.2 Å². The van der Waals surface area contributed by atoms with Crippen LogP contribution in [0.25, 0.3) is 10.9 Å². The lowest BCUT2D eigenvalue weighted by Gasteiger charge is -2.07. The summed E-state index contributed by atoms with van der Waals surface area (Å²) in [5.41, 5.74) is 3.81. The van der Waals surface area contributed by atoms with Crippen molar-refractivity contribution in [3.63, 3.8) is 0 Å². The number of benzene rings is 2. The number of halogens is 1. The number of hydrogen-bond donors (Lipinski definition) is 2. The van der Waals surface area contributed by atoms with E-state index < -0.39 is 10.0 Å². The lowest BCUT2D eigenvalue weighted by atomic mass is 10.1. The van der Waals surface area contributed by atoms with E-state index in [2.05, 4.69) is 21.8 Å². The monoisotopic (exact) mass is 346 g/mol. The Hall–Kier alpha value is -2.18. The number of sulfonamides is 1. The summed E-state index contributed by atoms with van der Waals surface area (Å²) in [6.07, 6.45) is 0.614. The maximum Gasteiger partial charge on any atom is 0.215 e. The number of aromatic nitrogens is 1. The Bertz CT molecular complexity index is 947. The summed E-state index contributed by atoms with van der Waals surface area (Å²) in [7, 11) is -3.43. The fraction of sp³-hybridized carbons (Fsp3) is 0.222. The van der Waals surface area contributed by atoms with Gasteiger partial charge in [0.25, 0.3) is 0 Å². The first-order valence-corrected chi connectivity index (χ1v) is 9.36. The standard InChI is InChI=1S/C18H19FN2O2S/c1-13-10-16-11-14(4-7-18(16)21-13)8-9-20-24(22,23)12-15-2-5-17(19)6-3-15/h2-7,10-11,20-21H,8-9,12H2,1H3. The van der Waals surface area contributed by atoms with Gasteiger partial charge in [0.1, 0.15) is 5.82 Å². The highest BCUT2D eigenvalue weighted by Crippen LogP contribution is 2.17. The molecule has 0 atom stereocenters. The fourth-order valence-corrected chi connectivity index (χ4v) is 3.83. The van der Waals surface area contributed by atoms with Gasteiger partial charge in [0.2, 0.25) is 10.0 Å². The summed E-state index contributed by atoms with van der Waals surface area (Å²) in [5, 5.41) is 1.12. The normalized spacial score (nSPS) is 11.9. The summed E-state index contributed by atoms with van der Waals surface area (Å²) in [6, 6.07) is 13.6. The zero-order valence-electron chi connectivity index (χ0n) is 13.3. The number of fused-ring (bicyclic) bond motifs is 1. The molecular formula is C18H19FN2O2S. The van der Waals surface area contributed by atoms with E-state index in [1.807, 2.05) is 19.1 Å². The van der Waals surface area contributed by atoms with E-state index in [0.29, 0.717) is 18.5 Å². The van der Waals surface area contributed by atoms with Gasteiger partial charge >= 0.3 is 0 Å². The van der Waals surface area contributed by atoms with E-state index in [1.54, 1.807) is 0 Å². The minimum Gasteiger partial charge on any atom is -0.359 e. The van der Waals surface area contributed by atoms with Gasteiger partial charge in [-0.25, -0.2) is 17.5 Å². The summed E-state index contributed by atoms with van der Waals surface area (Å²) in [5.74, 6) is -0.525. The minimum absolute atomic E-state index is 0.149. The molecule has 6 heteroatoms. The van der Waals surface area contributed by atoms with Crippen molar-refractivity contribution in [2.45, 2.75) is 19.1 Å². The van der Waals surface area contributed by atoms with Crippen LogP contribution in [0.4, 0.5) is 4.39 Å². The molecule has 2 aromatic carbocycles.